The first-order chi connectivity index (χ1) is 14.8. The Kier molecular flexibility index (Phi) is 4.83. The number of thioether (sulfide) groups is 1. The normalized spacial score (nSPS) is 22.4. The number of halogens is 1. The summed E-state index contributed by atoms with van der Waals surface area (Å²) in [5, 5.41) is 10.8. The third kappa shape index (κ3) is 3.24. The third-order valence-electron chi connectivity index (χ3n) is 5.35. The van der Waals surface area contributed by atoms with Gasteiger partial charge in [0.25, 0.3) is 5.69 Å². The zero-order chi connectivity index (χ0) is 21.9. The SMILES string of the molecule is O=C1C2Sc3[nH]c(=O)sc3[C@H](c3cccc(Br)c3)C2C(=O)N1c1ccc([N+](=O)[O-])cc1. The summed E-state index contributed by atoms with van der Waals surface area (Å²) in [5.74, 6) is -1.93. The van der Waals surface area contributed by atoms with Gasteiger partial charge in [0.15, 0.2) is 0 Å². The molecule has 1 aromatic heterocycles. The Morgan fingerprint density at radius 1 is 1.06 bits per heavy atom. The number of hydrogen-bond donors (Lipinski definition) is 1. The van der Waals surface area contributed by atoms with Crippen LogP contribution in [-0.2, 0) is 9.59 Å². The first kappa shape index (κ1) is 20.2. The van der Waals surface area contributed by atoms with Crippen molar-refractivity contribution in [2.24, 2.45) is 5.92 Å². The predicted molar refractivity (Wildman–Crippen MR) is 120 cm³/mol. The number of non-ortho nitro benzene ring substituents is 1. The molecule has 0 bridgehead atoms. The Hall–Kier alpha value is -2.76. The first-order valence-electron chi connectivity index (χ1n) is 9.12. The molecule has 2 aliphatic rings. The number of H-pyrrole nitrogens is 1. The van der Waals surface area contributed by atoms with Crippen molar-refractivity contribution in [3.63, 3.8) is 0 Å². The van der Waals surface area contributed by atoms with Crippen LogP contribution in [0.15, 0.2) is 62.8 Å². The molecule has 1 saturated heterocycles. The molecule has 2 amide bonds. The van der Waals surface area contributed by atoms with Crippen LogP contribution in [0.5, 0.6) is 0 Å². The summed E-state index contributed by atoms with van der Waals surface area (Å²) in [7, 11) is 0. The van der Waals surface area contributed by atoms with Crippen LogP contribution in [0.1, 0.15) is 16.4 Å². The first-order valence-corrected chi connectivity index (χ1v) is 11.6. The number of carbonyl (C=O) groups excluding carboxylic acids is 2. The minimum absolute atomic E-state index is 0.124. The minimum atomic E-state index is -0.704. The number of thiazole rings is 1. The highest BCUT2D eigenvalue weighted by Crippen LogP contribution is 2.53. The highest BCUT2D eigenvalue weighted by atomic mass is 79.9. The van der Waals surface area contributed by atoms with Gasteiger partial charge in [0.2, 0.25) is 11.8 Å². The quantitative estimate of drug-likeness (QED) is 0.320. The molecule has 0 spiro atoms. The molecule has 3 aromatic rings. The smallest absolute Gasteiger partial charge is 0.305 e. The molecule has 156 valence electrons. The Bertz CT molecular complexity index is 1300. The van der Waals surface area contributed by atoms with Crippen LogP contribution < -0.4 is 9.77 Å². The lowest BCUT2D eigenvalue weighted by Crippen LogP contribution is -2.32. The lowest BCUT2D eigenvalue weighted by Gasteiger charge is -2.29. The van der Waals surface area contributed by atoms with E-state index in [-0.39, 0.29) is 16.5 Å². The maximum atomic E-state index is 13.5. The van der Waals surface area contributed by atoms with Crippen LogP contribution in [-0.4, -0.2) is 27.0 Å². The van der Waals surface area contributed by atoms with Crippen molar-refractivity contribution in [3.05, 3.63) is 83.2 Å². The van der Waals surface area contributed by atoms with Gasteiger partial charge in [-0.3, -0.25) is 24.5 Å². The van der Waals surface area contributed by atoms with Gasteiger partial charge in [-0.1, -0.05) is 51.2 Å². The fraction of sp³-hybridized carbons (Fsp3) is 0.150. The number of carbonyl (C=O) groups is 2. The Morgan fingerprint density at radius 3 is 2.48 bits per heavy atom. The van der Waals surface area contributed by atoms with E-state index in [2.05, 4.69) is 20.9 Å². The molecule has 1 fully saturated rings. The lowest BCUT2D eigenvalue weighted by molar-refractivity contribution is -0.384. The number of imide groups is 1. The predicted octanol–water partition coefficient (Wildman–Crippen LogP) is 3.90. The van der Waals surface area contributed by atoms with Crippen molar-refractivity contribution in [2.75, 3.05) is 4.90 Å². The largest absolute Gasteiger partial charge is 0.307 e. The number of nitro benzene ring substituents is 1. The molecule has 0 saturated carbocycles. The summed E-state index contributed by atoms with van der Waals surface area (Å²) >= 11 is 5.69. The van der Waals surface area contributed by atoms with Gasteiger partial charge >= 0.3 is 4.87 Å². The van der Waals surface area contributed by atoms with Gasteiger partial charge in [-0.25, -0.2) is 4.90 Å². The number of anilines is 1. The van der Waals surface area contributed by atoms with Gasteiger partial charge in [-0.05, 0) is 29.8 Å². The molecule has 1 N–H and O–H groups in total. The molecular formula is C20H12BrN3O5S2. The number of benzene rings is 2. The Balaban J connectivity index is 1.62. The number of aromatic amines is 1. The molecule has 5 rings (SSSR count). The second-order valence-electron chi connectivity index (χ2n) is 7.09. The van der Waals surface area contributed by atoms with Crippen LogP contribution in [0, 0.1) is 16.0 Å². The number of amides is 2. The van der Waals surface area contributed by atoms with Crippen LogP contribution in [0.25, 0.3) is 0 Å². The number of aromatic nitrogens is 1. The summed E-state index contributed by atoms with van der Waals surface area (Å²) in [5.41, 5.74) is 0.995. The monoisotopic (exact) mass is 517 g/mol. The zero-order valence-electron chi connectivity index (χ0n) is 15.5. The van der Waals surface area contributed by atoms with Crippen molar-refractivity contribution in [1.29, 1.82) is 0 Å². The Labute approximate surface area is 191 Å². The number of nitro groups is 1. The number of fused-ring (bicyclic) bond motifs is 2. The lowest BCUT2D eigenvalue weighted by atomic mass is 9.83. The van der Waals surface area contributed by atoms with Crippen molar-refractivity contribution in [1.82, 2.24) is 4.98 Å². The second kappa shape index (κ2) is 7.43. The van der Waals surface area contributed by atoms with E-state index < -0.39 is 27.9 Å². The van der Waals surface area contributed by atoms with Crippen molar-refractivity contribution in [3.8, 4) is 0 Å². The highest BCUT2D eigenvalue weighted by molar-refractivity contribution is 9.10. The molecule has 0 aliphatic carbocycles. The van der Waals surface area contributed by atoms with Gasteiger partial charge in [0, 0.05) is 27.4 Å². The van der Waals surface area contributed by atoms with Gasteiger partial charge in [0.05, 0.1) is 21.6 Å². The number of rotatable bonds is 3. The van der Waals surface area contributed by atoms with Crippen LogP contribution >= 0.6 is 39.0 Å². The van der Waals surface area contributed by atoms with Crippen molar-refractivity contribution in [2.45, 2.75) is 16.2 Å². The van der Waals surface area contributed by atoms with Gasteiger partial charge in [-0.2, -0.15) is 0 Å². The van der Waals surface area contributed by atoms with E-state index in [9.17, 15) is 24.5 Å². The van der Waals surface area contributed by atoms with Crippen LogP contribution in [0.3, 0.4) is 0 Å². The van der Waals surface area contributed by atoms with Crippen molar-refractivity contribution >= 4 is 62.2 Å². The van der Waals surface area contributed by atoms with E-state index in [1.54, 1.807) is 0 Å². The van der Waals surface area contributed by atoms with E-state index in [1.165, 1.54) is 36.0 Å². The van der Waals surface area contributed by atoms with Crippen molar-refractivity contribution < 1.29 is 14.5 Å². The molecule has 0 radical (unpaired) electrons. The van der Waals surface area contributed by atoms with E-state index >= 15 is 0 Å². The number of nitrogens with one attached hydrogen (secondary N) is 1. The average Bonchev–Trinajstić information content (AvgIpc) is 3.23. The second-order valence-corrected chi connectivity index (χ2v) is 10.2. The summed E-state index contributed by atoms with van der Waals surface area (Å²) in [6.07, 6.45) is 0. The van der Waals surface area contributed by atoms with Crippen LogP contribution in [0.4, 0.5) is 11.4 Å². The topological polar surface area (TPSA) is 113 Å². The zero-order valence-corrected chi connectivity index (χ0v) is 18.7. The molecule has 2 aliphatic heterocycles. The molecule has 2 unspecified atom stereocenters. The number of nitrogens with zero attached hydrogens (tertiary/aromatic N) is 2. The molecule has 11 heteroatoms. The van der Waals surface area contributed by atoms with E-state index in [4.69, 9.17) is 0 Å². The maximum Gasteiger partial charge on any atom is 0.305 e. The molecule has 31 heavy (non-hydrogen) atoms. The van der Waals surface area contributed by atoms with E-state index in [0.29, 0.717) is 10.7 Å². The van der Waals surface area contributed by atoms with Gasteiger partial charge in [0.1, 0.15) is 5.25 Å². The highest BCUT2D eigenvalue weighted by Gasteiger charge is 2.56. The molecular weight excluding hydrogens is 506 g/mol. The summed E-state index contributed by atoms with van der Waals surface area (Å²) in [6, 6.07) is 12.8. The standard InChI is InChI=1S/C20H12BrN3O5S2/c21-10-3-1-2-9(8-10)13-14-16(30-17-15(13)31-20(27)22-17)19(26)23(18(14)25)11-4-6-12(7-5-11)24(28)29/h1-8,13-14,16H,(H,22,27)/t13-,14?,16?/m1/s1. The molecule has 3 heterocycles. The summed E-state index contributed by atoms with van der Waals surface area (Å²) in [4.78, 5) is 53.7. The fourth-order valence-electron chi connectivity index (χ4n) is 4.05. The Morgan fingerprint density at radius 2 is 1.81 bits per heavy atom. The van der Waals surface area contributed by atoms with E-state index in [0.717, 1.165) is 31.2 Å². The number of hydrogen-bond acceptors (Lipinski definition) is 7. The maximum absolute atomic E-state index is 13.5. The fourth-order valence-corrected chi connectivity index (χ4v) is 6.99. The molecule has 2 aromatic carbocycles. The average molecular weight is 518 g/mol. The van der Waals surface area contributed by atoms with E-state index in [1.807, 2.05) is 24.3 Å². The molecule has 3 atom stereocenters. The third-order valence-corrected chi connectivity index (χ3v) is 8.24. The van der Waals surface area contributed by atoms with Gasteiger partial charge in [-0.15, -0.1) is 0 Å². The minimum Gasteiger partial charge on any atom is -0.307 e. The summed E-state index contributed by atoms with van der Waals surface area (Å²) < 4.78 is 0.827. The molecule has 8 nitrogen and oxygen atoms in total. The summed E-state index contributed by atoms with van der Waals surface area (Å²) in [6.45, 7) is 0. The van der Waals surface area contributed by atoms with Gasteiger partial charge < -0.3 is 4.98 Å². The van der Waals surface area contributed by atoms with Crippen LogP contribution in [0.2, 0.25) is 0 Å².